The number of rotatable bonds is 7. The molecule has 0 spiro atoms. The van der Waals surface area contributed by atoms with Crippen molar-refractivity contribution in [1.29, 1.82) is 0 Å². The van der Waals surface area contributed by atoms with Gasteiger partial charge in [-0.3, -0.25) is 9.69 Å². The van der Waals surface area contributed by atoms with Crippen molar-refractivity contribution < 1.29 is 4.79 Å². The number of carbonyl (C=O) groups is 1. The van der Waals surface area contributed by atoms with Gasteiger partial charge in [-0.25, -0.2) is 0 Å². The smallest absolute Gasteiger partial charge is 0.220 e. The van der Waals surface area contributed by atoms with E-state index in [-0.39, 0.29) is 5.91 Å². The molecule has 0 aromatic rings. The van der Waals surface area contributed by atoms with Crippen LogP contribution in [-0.2, 0) is 4.79 Å². The minimum atomic E-state index is 0.240. The first kappa shape index (κ1) is 19.7. The lowest BCUT2D eigenvalue weighted by molar-refractivity contribution is -0.122. The van der Waals surface area contributed by atoms with Gasteiger partial charge in [-0.2, -0.15) is 0 Å². The highest BCUT2D eigenvalue weighted by Gasteiger charge is 2.27. The molecule has 2 heterocycles. The van der Waals surface area contributed by atoms with Crippen LogP contribution < -0.4 is 10.6 Å². The van der Waals surface area contributed by atoms with Gasteiger partial charge in [-0.05, 0) is 75.5 Å². The zero-order valence-corrected chi connectivity index (χ0v) is 16.3. The molecule has 2 aliphatic heterocycles. The molecule has 0 aliphatic carbocycles. The molecule has 2 N–H and O–H groups in total. The normalized spacial score (nSPS) is 26.3. The Balaban J connectivity index is 1.75. The molecule has 24 heavy (non-hydrogen) atoms. The van der Waals surface area contributed by atoms with Crippen LogP contribution in [0.25, 0.3) is 0 Å². The van der Waals surface area contributed by atoms with Crippen LogP contribution in [0, 0.1) is 23.7 Å². The van der Waals surface area contributed by atoms with Crippen LogP contribution >= 0.6 is 0 Å². The fourth-order valence-electron chi connectivity index (χ4n) is 4.26. The SMILES string of the molecule is CC1CCN(C(CNC(=O)CC(C)C2CCCNC2)C(C)C)CC1. The lowest BCUT2D eigenvalue weighted by Crippen LogP contribution is -2.49. The van der Waals surface area contributed by atoms with Crippen molar-refractivity contribution in [3.8, 4) is 0 Å². The predicted octanol–water partition coefficient (Wildman–Crippen LogP) is 2.88. The van der Waals surface area contributed by atoms with Crippen molar-refractivity contribution in [2.75, 3.05) is 32.7 Å². The van der Waals surface area contributed by atoms with Gasteiger partial charge in [0.1, 0.15) is 0 Å². The Labute approximate surface area is 149 Å². The predicted molar refractivity (Wildman–Crippen MR) is 101 cm³/mol. The number of amides is 1. The van der Waals surface area contributed by atoms with E-state index in [1.165, 1.54) is 38.8 Å². The van der Waals surface area contributed by atoms with E-state index in [9.17, 15) is 4.79 Å². The summed E-state index contributed by atoms with van der Waals surface area (Å²) in [5, 5.41) is 6.70. The molecule has 4 nitrogen and oxygen atoms in total. The average Bonchev–Trinajstić information content (AvgIpc) is 2.57. The third-order valence-corrected chi connectivity index (χ3v) is 6.21. The van der Waals surface area contributed by atoms with Gasteiger partial charge in [-0.1, -0.05) is 27.7 Å². The van der Waals surface area contributed by atoms with E-state index in [4.69, 9.17) is 0 Å². The summed E-state index contributed by atoms with van der Waals surface area (Å²) in [5.41, 5.74) is 0. The topological polar surface area (TPSA) is 44.4 Å². The molecule has 140 valence electrons. The fraction of sp³-hybridized carbons (Fsp3) is 0.950. The van der Waals surface area contributed by atoms with E-state index in [2.05, 4.69) is 43.2 Å². The monoisotopic (exact) mass is 337 g/mol. The molecule has 0 aromatic heterocycles. The molecule has 1 amide bonds. The summed E-state index contributed by atoms with van der Waals surface area (Å²) in [6.07, 6.45) is 5.78. The number of hydrogen-bond donors (Lipinski definition) is 2. The molecule has 2 saturated heterocycles. The van der Waals surface area contributed by atoms with Crippen LogP contribution in [0.5, 0.6) is 0 Å². The minimum absolute atomic E-state index is 0.240. The second-order valence-corrected chi connectivity index (χ2v) is 8.62. The van der Waals surface area contributed by atoms with Gasteiger partial charge < -0.3 is 10.6 Å². The third kappa shape index (κ3) is 6.03. The van der Waals surface area contributed by atoms with E-state index in [1.54, 1.807) is 0 Å². The van der Waals surface area contributed by atoms with Gasteiger partial charge >= 0.3 is 0 Å². The number of carbonyl (C=O) groups excluding carboxylic acids is 1. The number of nitrogens with one attached hydrogen (secondary N) is 2. The summed E-state index contributed by atoms with van der Waals surface area (Å²) in [5.74, 6) is 2.82. The summed E-state index contributed by atoms with van der Waals surface area (Å²) in [6, 6.07) is 0.480. The fourth-order valence-corrected chi connectivity index (χ4v) is 4.26. The summed E-state index contributed by atoms with van der Waals surface area (Å²) >= 11 is 0. The molecular formula is C20H39N3O. The maximum atomic E-state index is 12.4. The third-order valence-electron chi connectivity index (χ3n) is 6.21. The van der Waals surface area contributed by atoms with E-state index in [1.807, 2.05) is 0 Å². The molecular weight excluding hydrogens is 298 g/mol. The van der Waals surface area contributed by atoms with Crippen LogP contribution in [0.2, 0.25) is 0 Å². The second-order valence-electron chi connectivity index (χ2n) is 8.62. The van der Waals surface area contributed by atoms with Crippen molar-refractivity contribution in [2.24, 2.45) is 23.7 Å². The van der Waals surface area contributed by atoms with Crippen molar-refractivity contribution >= 4 is 5.91 Å². The Morgan fingerprint density at radius 1 is 1.21 bits per heavy atom. The van der Waals surface area contributed by atoms with Gasteiger partial charge in [0.15, 0.2) is 0 Å². The second kappa shape index (κ2) is 9.76. The molecule has 2 fully saturated rings. The van der Waals surface area contributed by atoms with E-state index < -0.39 is 0 Å². The van der Waals surface area contributed by atoms with Crippen molar-refractivity contribution in [3.63, 3.8) is 0 Å². The Bertz CT molecular complexity index is 371. The zero-order valence-electron chi connectivity index (χ0n) is 16.3. The lowest BCUT2D eigenvalue weighted by Gasteiger charge is -2.39. The van der Waals surface area contributed by atoms with E-state index >= 15 is 0 Å². The quantitative estimate of drug-likeness (QED) is 0.751. The van der Waals surface area contributed by atoms with Crippen LogP contribution in [0.4, 0.5) is 0 Å². The number of likely N-dealkylation sites (tertiary alicyclic amines) is 1. The van der Waals surface area contributed by atoms with Gasteiger partial charge in [0.25, 0.3) is 0 Å². The molecule has 0 radical (unpaired) electrons. The van der Waals surface area contributed by atoms with E-state index in [0.717, 1.165) is 25.6 Å². The van der Waals surface area contributed by atoms with Crippen LogP contribution in [0.3, 0.4) is 0 Å². The number of piperidine rings is 2. The molecule has 0 saturated carbocycles. The summed E-state index contributed by atoms with van der Waals surface area (Å²) in [7, 11) is 0. The minimum Gasteiger partial charge on any atom is -0.355 e. The van der Waals surface area contributed by atoms with Gasteiger partial charge in [0.05, 0.1) is 0 Å². The lowest BCUT2D eigenvalue weighted by atomic mass is 9.85. The highest BCUT2D eigenvalue weighted by atomic mass is 16.1. The van der Waals surface area contributed by atoms with Crippen molar-refractivity contribution in [1.82, 2.24) is 15.5 Å². The molecule has 4 heteroatoms. The Morgan fingerprint density at radius 3 is 2.50 bits per heavy atom. The molecule has 0 bridgehead atoms. The van der Waals surface area contributed by atoms with Gasteiger partial charge in [0, 0.05) is 19.0 Å². The maximum Gasteiger partial charge on any atom is 0.220 e. The summed E-state index contributed by atoms with van der Waals surface area (Å²) < 4.78 is 0. The van der Waals surface area contributed by atoms with Crippen LogP contribution in [-0.4, -0.2) is 49.6 Å². The standard InChI is InChI=1S/C20H39N3O/c1-15(2)19(23-10-7-16(3)8-11-23)14-22-20(24)12-17(4)18-6-5-9-21-13-18/h15-19,21H,5-14H2,1-4H3,(H,22,24). The van der Waals surface area contributed by atoms with Crippen LogP contribution in [0.15, 0.2) is 0 Å². The highest BCUT2D eigenvalue weighted by Crippen LogP contribution is 2.23. The molecule has 2 rings (SSSR count). The Kier molecular flexibility index (Phi) is 8.02. The van der Waals surface area contributed by atoms with Gasteiger partial charge in [0.2, 0.25) is 5.91 Å². The summed E-state index contributed by atoms with van der Waals surface area (Å²) in [6.45, 7) is 14.5. The largest absolute Gasteiger partial charge is 0.355 e. The first-order valence-corrected chi connectivity index (χ1v) is 10.2. The Morgan fingerprint density at radius 2 is 1.92 bits per heavy atom. The highest BCUT2D eigenvalue weighted by molar-refractivity contribution is 5.76. The molecule has 0 aromatic carbocycles. The Hall–Kier alpha value is -0.610. The van der Waals surface area contributed by atoms with Gasteiger partial charge in [-0.15, -0.1) is 0 Å². The first-order chi connectivity index (χ1) is 11.5. The van der Waals surface area contributed by atoms with Crippen molar-refractivity contribution in [2.45, 2.75) is 65.8 Å². The molecule has 3 unspecified atom stereocenters. The maximum absolute atomic E-state index is 12.4. The van der Waals surface area contributed by atoms with E-state index in [0.29, 0.717) is 30.2 Å². The first-order valence-electron chi connectivity index (χ1n) is 10.2. The van der Waals surface area contributed by atoms with Crippen molar-refractivity contribution in [3.05, 3.63) is 0 Å². The van der Waals surface area contributed by atoms with Crippen LogP contribution in [0.1, 0.15) is 59.8 Å². The number of hydrogen-bond acceptors (Lipinski definition) is 3. The molecule has 3 atom stereocenters. The molecule has 2 aliphatic rings. The summed E-state index contributed by atoms with van der Waals surface area (Å²) in [4.78, 5) is 15.0. The number of nitrogens with zero attached hydrogens (tertiary/aromatic N) is 1. The zero-order chi connectivity index (χ0) is 17.5. The average molecular weight is 338 g/mol.